The van der Waals surface area contributed by atoms with Crippen molar-refractivity contribution in [2.75, 3.05) is 7.11 Å². The Bertz CT molecular complexity index is 982. The van der Waals surface area contributed by atoms with Crippen LogP contribution in [0.1, 0.15) is 25.8 Å². The molecule has 23 heavy (non-hydrogen) atoms. The summed E-state index contributed by atoms with van der Waals surface area (Å²) in [6.07, 6.45) is 1.68. The number of hydrogen-bond donors (Lipinski definition) is 0. The fraction of sp³-hybridized carbons (Fsp3) is 0.316. The smallest absolute Gasteiger partial charge is 0.204 e. The number of methoxy groups -OCH3 is 1. The Morgan fingerprint density at radius 2 is 2.00 bits per heavy atom. The third kappa shape index (κ3) is 2.09. The first-order valence-electron chi connectivity index (χ1n) is 7.74. The summed E-state index contributed by atoms with van der Waals surface area (Å²) in [5.74, 6) is 1.24. The molecule has 0 saturated heterocycles. The monoisotopic (exact) mass is 310 g/mol. The van der Waals surface area contributed by atoms with E-state index in [9.17, 15) is 4.79 Å². The van der Waals surface area contributed by atoms with E-state index in [4.69, 9.17) is 13.9 Å². The molecule has 0 saturated carbocycles. The van der Waals surface area contributed by atoms with E-state index in [0.29, 0.717) is 27.7 Å². The number of benzene rings is 2. The molecule has 0 bridgehead atoms. The predicted molar refractivity (Wildman–Crippen MR) is 89.6 cm³/mol. The molecule has 0 fully saturated rings. The molecule has 0 amide bonds. The molecule has 118 valence electrons. The zero-order valence-electron chi connectivity index (χ0n) is 13.4. The Morgan fingerprint density at radius 1 is 1.22 bits per heavy atom. The van der Waals surface area contributed by atoms with Gasteiger partial charge in [0.25, 0.3) is 0 Å². The molecule has 0 aliphatic carbocycles. The van der Waals surface area contributed by atoms with Crippen molar-refractivity contribution in [3.8, 4) is 11.5 Å². The van der Waals surface area contributed by atoms with Crippen LogP contribution in [0.4, 0.5) is 0 Å². The third-order valence-corrected chi connectivity index (χ3v) is 4.46. The summed E-state index contributed by atoms with van der Waals surface area (Å²) in [5, 5.41) is 1.06. The SMILES string of the molecule is COc1cc2c(c3oc4ccccc4c(=O)c13)CCC(C)(C)O2. The number of fused-ring (bicyclic) bond motifs is 4. The Morgan fingerprint density at radius 3 is 2.78 bits per heavy atom. The summed E-state index contributed by atoms with van der Waals surface area (Å²) in [4.78, 5) is 12.9. The Labute approximate surface area is 133 Å². The van der Waals surface area contributed by atoms with Crippen molar-refractivity contribution in [2.24, 2.45) is 0 Å². The lowest BCUT2D eigenvalue weighted by molar-refractivity contribution is 0.0846. The maximum absolute atomic E-state index is 12.9. The second kappa shape index (κ2) is 4.75. The van der Waals surface area contributed by atoms with Crippen molar-refractivity contribution in [3.05, 3.63) is 46.1 Å². The predicted octanol–water partition coefficient (Wildman–Crippen LogP) is 4.06. The highest BCUT2D eigenvalue weighted by atomic mass is 16.5. The number of aryl methyl sites for hydroxylation is 1. The maximum atomic E-state index is 12.9. The zero-order valence-corrected chi connectivity index (χ0v) is 13.4. The second-order valence-electron chi connectivity index (χ2n) is 6.55. The van der Waals surface area contributed by atoms with Crippen molar-refractivity contribution in [2.45, 2.75) is 32.3 Å². The average Bonchev–Trinajstić information content (AvgIpc) is 2.53. The van der Waals surface area contributed by atoms with Gasteiger partial charge in [0, 0.05) is 11.6 Å². The standard InChI is InChI=1S/C19H18O4/c1-19(2)9-8-12-14(23-19)10-15(21-3)16-17(20)11-6-4-5-7-13(11)22-18(12)16/h4-7,10H,8-9H2,1-3H3. The Balaban J connectivity index is 2.15. The first-order chi connectivity index (χ1) is 11.0. The van der Waals surface area contributed by atoms with Gasteiger partial charge in [-0.2, -0.15) is 0 Å². The molecule has 0 radical (unpaired) electrons. The van der Waals surface area contributed by atoms with Crippen LogP contribution in [0.25, 0.3) is 21.9 Å². The number of hydrogen-bond acceptors (Lipinski definition) is 4. The van der Waals surface area contributed by atoms with E-state index < -0.39 is 0 Å². The molecule has 0 spiro atoms. The largest absolute Gasteiger partial charge is 0.496 e. The molecular formula is C19H18O4. The molecule has 2 heterocycles. The van der Waals surface area contributed by atoms with Gasteiger partial charge < -0.3 is 13.9 Å². The highest BCUT2D eigenvalue weighted by molar-refractivity contribution is 5.96. The van der Waals surface area contributed by atoms with Gasteiger partial charge in [0.05, 0.1) is 12.5 Å². The molecule has 0 atom stereocenters. The van der Waals surface area contributed by atoms with E-state index >= 15 is 0 Å². The molecule has 4 heteroatoms. The lowest BCUT2D eigenvalue weighted by atomic mass is 9.92. The normalized spacial score (nSPS) is 16.1. The van der Waals surface area contributed by atoms with Gasteiger partial charge in [-0.3, -0.25) is 4.79 Å². The summed E-state index contributed by atoms with van der Waals surface area (Å²) < 4.78 is 17.6. The molecule has 0 N–H and O–H groups in total. The Hall–Kier alpha value is -2.49. The van der Waals surface area contributed by atoms with Crippen molar-refractivity contribution >= 4 is 21.9 Å². The van der Waals surface area contributed by atoms with Crippen LogP contribution in [0.5, 0.6) is 11.5 Å². The Kier molecular flexibility index (Phi) is 2.92. The van der Waals surface area contributed by atoms with E-state index in [1.165, 1.54) is 0 Å². The molecule has 1 aromatic heterocycles. The maximum Gasteiger partial charge on any atom is 0.204 e. The minimum Gasteiger partial charge on any atom is -0.496 e. The summed E-state index contributed by atoms with van der Waals surface area (Å²) in [7, 11) is 1.56. The van der Waals surface area contributed by atoms with Gasteiger partial charge in [-0.25, -0.2) is 0 Å². The van der Waals surface area contributed by atoms with E-state index in [0.717, 1.165) is 24.2 Å². The molecule has 1 aliphatic rings. The van der Waals surface area contributed by atoms with E-state index in [-0.39, 0.29) is 11.0 Å². The fourth-order valence-electron chi connectivity index (χ4n) is 3.23. The zero-order chi connectivity index (χ0) is 16.2. The lowest BCUT2D eigenvalue weighted by Crippen LogP contribution is -2.32. The number of para-hydroxylation sites is 1. The molecule has 3 aromatic rings. The second-order valence-corrected chi connectivity index (χ2v) is 6.55. The summed E-state index contributed by atoms with van der Waals surface area (Å²) in [6, 6.07) is 9.10. The van der Waals surface area contributed by atoms with Crippen LogP contribution in [0.3, 0.4) is 0 Å². The summed E-state index contributed by atoms with van der Waals surface area (Å²) in [6.45, 7) is 4.12. The summed E-state index contributed by atoms with van der Waals surface area (Å²) in [5.41, 5.74) is 1.82. The van der Waals surface area contributed by atoms with E-state index in [2.05, 4.69) is 13.8 Å². The van der Waals surface area contributed by atoms with Crippen LogP contribution in [0.2, 0.25) is 0 Å². The lowest BCUT2D eigenvalue weighted by Gasteiger charge is -2.33. The third-order valence-electron chi connectivity index (χ3n) is 4.46. The quantitative estimate of drug-likeness (QED) is 0.636. The van der Waals surface area contributed by atoms with Crippen molar-refractivity contribution in [1.82, 2.24) is 0 Å². The van der Waals surface area contributed by atoms with Gasteiger partial charge >= 0.3 is 0 Å². The van der Waals surface area contributed by atoms with Crippen LogP contribution in [0.15, 0.2) is 39.5 Å². The molecule has 0 unspecified atom stereocenters. The van der Waals surface area contributed by atoms with Gasteiger partial charge in [-0.1, -0.05) is 12.1 Å². The van der Waals surface area contributed by atoms with E-state index in [1.807, 2.05) is 24.3 Å². The fourth-order valence-corrected chi connectivity index (χ4v) is 3.23. The molecule has 2 aromatic carbocycles. The van der Waals surface area contributed by atoms with E-state index in [1.54, 1.807) is 13.2 Å². The van der Waals surface area contributed by atoms with Gasteiger partial charge in [0.1, 0.15) is 33.7 Å². The minimum atomic E-state index is -0.233. The van der Waals surface area contributed by atoms with Gasteiger partial charge in [-0.15, -0.1) is 0 Å². The molecule has 4 nitrogen and oxygen atoms in total. The molecule has 4 rings (SSSR count). The number of ether oxygens (including phenoxy) is 2. The van der Waals surface area contributed by atoms with Crippen molar-refractivity contribution in [1.29, 1.82) is 0 Å². The molecule has 1 aliphatic heterocycles. The highest BCUT2D eigenvalue weighted by Gasteiger charge is 2.30. The van der Waals surface area contributed by atoms with Crippen LogP contribution < -0.4 is 14.9 Å². The van der Waals surface area contributed by atoms with Crippen molar-refractivity contribution < 1.29 is 13.9 Å². The number of rotatable bonds is 1. The summed E-state index contributed by atoms with van der Waals surface area (Å²) >= 11 is 0. The van der Waals surface area contributed by atoms with Gasteiger partial charge in [-0.05, 0) is 38.8 Å². The van der Waals surface area contributed by atoms with Crippen LogP contribution in [0, 0.1) is 0 Å². The average molecular weight is 310 g/mol. The first kappa shape index (κ1) is 14.1. The van der Waals surface area contributed by atoms with Gasteiger partial charge in [0.2, 0.25) is 5.43 Å². The van der Waals surface area contributed by atoms with Crippen LogP contribution in [-0.2, 0) is 6.42 Å². The van der Waals surface area contributed by atoms with Crippen molar-refractivity contribution in [3.63, 3.8) is 0 Å². The topological polar surface area (TPSA) is 48.7 Å². The molecular weight excluding hydrogens is 292 g/mol. The van der Waals surface area contributed by atoms with Crippen LogP contribution in [-0.4, -0.2) is 12.7 Å². The highest BCUT2D eigenvalue weighted by Crippen LogP contribution is 2.41. The van der Waals surface area contributed by atoms with Gasteiger partial charge in [0.15, 0.2) is 0 Å². The van der Waals surface area contributed by atoms with Crippen LogP contribution >= 0.6 is 0 Å². The first-order valence-corrected chi connectivity index (χ1v) is 7.74. The minimum absolute atomic E-state index is 0.0636.